The molecule has 0 heterocycles. The lowest BCUT2D eigenvalue weighted by Gasteiger charge is -2.64. The van der Waals surface area contributed by atoms with Crippen LogP contribution in [0.5, 0.6) is 0 Å². The summed E-state index contributed by atoms with van der Waals surface area (Å²) in [6.45, 7) is 6.91. The Kier molecular flexibility index (Phi) is 2.84. The van der Waals surface area contributed by atoms with Gasteiger partial charge >= 0.3 is 0 Å². The molecule has 0 aromatic heterocycles. The predicted molar refractivity (Wildman–Crippen MR) is 89.6 cm³/mol. The highest BCUT2D eigenvalue weighted by molar-refractivity contribution is 5.96. The van der Waals surface area contributed by atoms with Crippen molar-refractivity contribution < 1.29 is 4.79 Å². The number of carbonyl (C=O) groups is 1. The number of para-hydroxylation sites is 1. The summed E-state index contributed by atoms with van der Waals surface area (Å²) < 4.78 is 0. The van der Waals surface area contributed by atoms with Gasteiger partial charge in [0.1, 0.15) is 0 Å². The van der Waals surface area contributed by atoms with Crippen LogP contribution in [0.25, 0.3) is 0 Å². The van der Waals surface area contributed by atoms with E-state index in [2.05, 4.69) is 32.2 Å². The molecule has 1 N–H and O–H groups in total. The second kappa shape index (κ2) is 4.37. The molecule has 4 aliphatic rings. The summed E-state index contributed by atoms with van der Waals surface area (Å²) >= 11 is 0. The first-order chi connectivity index (χ1) is 10.3. The van der Waals surface area contributed by atoms with Crippen molar-refractivity contribution in [3.8, 4) is 0 Å². The number of nitrogens with one attached hydrogen (secondary N) is 1. The van der Waals surface area contributed by atoms with Gasteiger partial charge in [0.15, 0.2) is 0 Å². The molecule has 4 fully saturated rings. The maximum absolute atomic E-state index is 13.2. The van der Waals surface area contributed by atoms with Crippen molar-refractivity contribution in [2.45, 2.75) is 59.3 Å². The Hall–Kier alpha value is -1.31. The number of hydrogen-bond acceptors (Lipinski definition) is 1. The van der Waals surface area contributed by atoms with Crippen molar-refractivity contribution in [3.05, 3.63) is 29.8 Å². The molecule has 22 heavy (non-hydrogen) atoms. The van der Waals surface area contributed by atoms with Crippen LogP contribution in [0, 0.1) is 29.1 Å². The highest BCUT2D eigenvalue weighted by Gasteiger charge is 2.62. The van der Waals surface area contributed by atoms with Crippen LogP contribution in [-0.2, 0) is 4.79 Å². The molecule has 1 aromatic carbocycles. The van der Waals surface area contributed by atoms with Crippen LogP contribution >= 0.6 is 0 Å². The summed E-state index contributed by atoms with van der Waals surface area (Å²) in [6, 6.07) is 8.12. The monoisotopic (exact) mass is 297 g/mol. The molecule has 0 radical (unpaired) electrons. The largest absolute Gasteiger partial charge is 0.325 e. The van der Waals surface area contributed by atoms with Crippen molar-refractivity contribution in [3.63, 3.8) is 0 Å². The van der Waals surface area contributed by atoms with E-state index >= 15 is 0 Å². The van der Waals surface area contributed by atoms with Gasteiger partial charge in [-0.1, -0.05) is 32.0 Å². The van der Waals surface area contributed by atoms with E-state index in [1.165, 1.54) is 19.3 Å². The zero-order valence-electron chi connectivity index (χ0n) is 14.0. The molecular weight excluding hydrogens is 270 g/mol. The Bertz CT molecular complexity index is 616. The maximum Gasteiger partial charge on any atom is 0.230 e. The van der Waals surface area contributed by atoms with E-state index in [0.717, 1.165) is 36.4 Å². The van der Waals surface area contributed by atoms with Gasteiger partial charge in [0, 0.05) is 5.69 Å². The smallest absolute Gasteiger partial charge is 0.230 e. The quantitative estimate of drug-likeness (QED) is 0.824. The molecule has 5 rings (SSSR count). The van der Waals surface area contributed by atoms with E-state index in [0.29, 0.717) is 10.8 Å². The van der Waals surface area contributed by atoms with Crippen LogP contribution in [0.4, 0.5) is 5.69 Å². The van der Waals surface area contributed by atoms with Gasteiger partial charge in [0.25, 0.3) is 0 Å². The molecule has 4 bridgehead atoms. The first-order valence-corrected chi connectivity index (χ1v) is 8.69. The second-order valence-electron chi connectivity index (χ2n) is 9.18. The number of carbonyl (C=O) groups excluding carboxylic acids is 1. The number of amides is 1. The molecule has 4 saturated carbocycles. The molecule has 0 aliphatic heterocycles. The first kappa shape index (κ1) is 14.3. The normalized spacial score (nSPS) is 42.4. The van der Waals surface area contributed by atoms with Gasteiger partial charge < -0.3 is 5.32 Å². The Morgan fingerprint density at radius 1 is 1.05 bits per heavy atom. The summed E-state index contributed by atoms with van der Waals surface area (Å²) in [7, 11) is 0. The number of anilines is 1. The molecule has 2 atom stereocenters. The van der Waals surface area contributed by atoms with Gasteiger partial charge in [-0.15, -0.1) is 0 Å². The van der Waals surface area contributed by atoms with Gasteiger partial charge in [-0.25, -0.2) is 0 Å². The van der Waals surface area contributed by atoms with Crippen LogP contribution in [0.2, 0.25) is 0 Å². The fourth-order valence-electron chi connectivity index (χ4n) is 6.67. The predicted octanol–water partition coefficient (Wildman–Crippen LogP) is 4.93. The van der Waals surface area contributed by atoms with E-state index in [4.69, 9.17) is 0 Å². The fraction of sp³-hybridized carbons (Fsp3) is 0.650. The topological polar surface area (TPSA) is 29.1 Å². The molecule has 2 heteroatoms. The number of benzene rings is 1. The third kappa shape index (κ3) is 2.11. The Morgan fingerprint density at radius 2 is 1.68 bits per heavy atom. The minimum Gasteiger partial charge on any atom is -0.325 e. The summed E-state index contributed by atoms with van der Waals surface area (Å²) in [5.74, 6) is 1.04. The van der Waals surface area contributed by atoms with Crippen molar-refractivity contribution in [2.24, 2.45) is 22.2 Å². The third-order valence-corrected chi connectivity index (χ3v) is 6.50. The fourth-order valence-corrected chi connectivity index (χ4v) is 6.67. The van der Waals surface area contributed by atoms with Crippen LogP contribution in [-0.4, -0.2) is 5.91 Å². The lowest BCUT2D eigenvalue weighted by Crippen LogP contribution is -2.58. The lowest BCUT2D eigenvalue weighted by atomic mass is 9.40. The van der Waals surface area contributed by atoms with E-state index in [1.807, 2.05) is 18.2 Å². The Balaban J connectivity index is 1.64. The minimum absolute atomic E-state index is 0.120. The van der Waals surface area contributed by atoms with Crippen LogP contribution in [0.3, 0.4) is 0 Å². The highest BCUT2D eigenvalue weighted by Crippen LogP contribution is 2.69. The van der Waals surface area contributed by atoms with Gasteiger partial charge in [0.2, 0.25) is 5.91 Å². The molecule has 2 nitrogen and oxygen atoms in total. The second-order valence-corrected chi connectivity index (χ2v) is 9.18. The average Bonchev–Trinajstić information content (AvgIpc) is 2.37. The summed E-state index contributed by atoms with van der Waals surface area (Å²) in [5.41, 5.74) is 2.79. The number of aryl methyl sites for hydroxylation is 1. The number of rotatable bonds is 2. The van der Waals surface area contributed by atoms with Gasteiger partial charge in [-0.05, 0) is 73.8 Å². The van der Waals surface area contributed by atoms with Crippen LogP contribution in [0.15, 0.2) is 24.3 Å². The van der Waals surface area contributed by atoms with Gasteiger partial charge in [-0.2, -0.15) is 0 Å². The van der Waals surface area contributed by atoms with E-state index < -0.39 is 0 Å². The van der Waals surface area contributed by atoms with Crippen molar-refractivity contribution in [1.82, 2.24) is 0 Å². The van der Waals surface area contributed by atoms with Gasteiger partial charge in [-0.3, -0.25) is 4.79 Å². The van der Waals surface area contributed by atoms with E-state index in [-0.39, 0.29) is 11.3 Å². The van der Waals surface area contributed by atoms with Crippen LogP contribution < -0.4 is 5.32 Å². The maximum atomic E-state index is 13.2. The molecule has 0 spiro atoms. The summed E-state index contributed by atoms with van der Waals surface area (Å²) in [5, 5.41) is 3.26. The third-order valence-electron chi connectivity index (χ3n) is 6.50. The first-order valence-electron chi connectivity index (χ1n) is 8.69. The Morgan fingerprint density at radius 3 is 2.27 bits per heavy atom. The van der Waals surface area contributed by atoms with Crippen molar-refractivity contribution >= 4 is 11.6 Å². The van der Waals surface area contributed by atoms with E-state index in [1.54, 1.807) is 0 Å². The minimum atomic E-state index is -0.120. The van der Waals surface area contributed by atoms with Crippen LogP contribution in [0.1, 0.15) is 57.9 Å². The zero-order chi connectivity index (χ0) is 15.6. The number of hydrogen-bond donors (Lipinski definition) is 1. The molecule has 4 aliphatic carbocycles. The zero-order valence-corrected chi connectivity index (χ0v) is 14.0. The van der Waals surface area contributed by atoms with E-state index in [9.17, 15) is 4.79 Å². The molecule has 1 aromatic rings. The molecule has 1 amide bonds. The molecule has 118 valence electrons. The SMILES string of the molecule is Cc1ccccc1NC(=O)C12CC3CC(C)(CC(C)(C3)C1)C2. The summed E-state index contributed by atoms with van der Waals surface area (Å²) in [4.78, 5) is 13.2. The van der Waals surface area contributed by atoms with Crippen molar-refractivity contribution in [1.29, 1.82) is 0 Å². The Labute approximate surface area is 133 Å². The average molecular weight is 297 g/mol. The molecule has 2 unspecified atom stereocenters. The molecule has 0 saturated heterocycles. The standard InChI is InChI=1S/C20H27NO/c1-14-6-4-5-7-16(14)21-17(22)20-10-15-8-18(2,12-20)11-19(3,9-15)13-20/h4-7,15H,8-13H2,1-3H3,(H,21,22). The summed E-state index contributed by atoms with van der Waals surface area (Å²) in [6.07, 6.45) is 7.27. The lowest BCUT2D eigenvalue weighted by molar-refractivity contribution is -0.165. The van der Waals surface area contributed by atoms with Crippen molar-refractivity contribution in [2.75, 3.05) is 5.32 Å². The molecular formula is C20H27NO. The van der Waals surface area contributed by atoms with Gasteiger partial charge in [0.05, 0.1) is 5.41 Å². The highest BCUT2D eigenvalue weighted by atomic mass is 16.2.